The van der Waals surface area contributed by atoms with Crippen LogP contribution in [0.1, 0.15) is 56.1 Å². The topological polar surface area (TPSA) is 59.3 Å². The molecule has 140 valence electrons. The fourth-order valence-electron chi connectivity index (χ4n) is 3.32. The molecule has 2 heterocycles. The molecule has 0 saturated heterocycles. The molecule has 27 heavy (non-hydrogen) atoms. The summed E-state index contributed by atoms with van der Waals surface area (Å²) >= 11 is 0. The van der Waals surface area contributed by atoms with Crippen molar-refractivity contribution in [2.45, 2.75) is 45.4 Å². The molecule has 0 unspecified atom stereocenters. The summed E-state index contributed by atoms with van der Waals surface area (Å²) in [5.74, 6) is 0.509. The van der Waals surface area contributed by atoms with Crippen LogP contribution < -0.4 is 5.32 Å². The van der Waals surface area contributed by atoms with E-state index >= 15 is 0 Å². The van der Waals surface area contributed by atoms with E-state index in [9.17, 15) is 4.79 Å². The number of nitrogens with one attached hydrogen (secondary N) is 1. The summed E-state index contributed by atoms with van der Waals surface area (Å²) in [5.41, 5.74) is 4.59. The predicted octanol–water partition coefficient (Wildman–Crippen LogP) is 4.22. The Bertz CT molecular complexity index is 962. The average Bonchev–Trinajstić information content (AvgIpc) is 3.03. The number of aromatic nitrogens is 3. The summed E-state index contributed by atoms with van der Waals surface area (Å²) in [6, 6.07) is 10.3. The van der Waals surface area contributed by atoms with E-state index in [1.165, 1.54) is 24.8 Å². The second-order valence-corrected chi connectivity index (χ2v) is 8.51. The van der Waals surface area contributed by atoms with Crippen molar-refractivity contribution in [1.29, 1.82) is 0 Å². The number of hydrogen-bond donors (Lipinski definition) is 1. The van der Waals surface area contributed by atoms with Crippen LogP contribution >= 0.6 is 0 Å². The third kappa shape index (κ3) is 3.72. The molecule has 0 spiro atoms. The highest BCUT2D eigenvalue weighted by Crippen LogP contribution is 2.26. The zero-order chi connectivity index (χ0) is 19.0. The van der Waals surface area contributed by atoms with Crippen LogP contribution in [0.4, 0.5) is 0 Å². The monoisotopic (exact) mass is 362 g/mol. The van der Waals surface area contributed by atoms with Gasteiger partial charge in [0.15, 0.2) is 11.3 Å². The third-order valence-electron chi connectivity index (χ3n) is 5.41. The molecule has 1 amide bonds. The molecule has 2 aromatic heterocycles. The molecule has 1 saturated carbocycles. The standard InChI is InChI=1S/C22H26N4O/c1-22(2,3)18-9-7-16(8-10-18)17-13-23-20-11-19(25-26(20)14-17)21(27)24-12-15-5-4-6-15/h7-11,13-15H,4-6,12H2,1-3H3,(H,24,27). The molecule has 5 heteroatoms. The number of benzene rings is 1. The van der Waals surface area contributed by atoms with Gasteiger partial charge in [0.25, 0.3) is 5.91 Å². The lowest BCUT2D eigenvalue weighted by molar-refractivity contribution is 0.0933. The smallest absolute Gasteiger partial charge is 0.271 e. The van der Waals surface area contributed by atoms with Crippen LogP contribution in [0.25, 0.3) is 16.8 Å². The Labute approximate surface area is 159 Å². The van der Waals surface area contributed by atoms with Crippen LogP contribution in [-0.4, -0.2) is 27.0 Å². The molecule has 3 aromatic rings. The maximum atomic E-state index is 12.3. The molecule has 1 N–H and O–H groups in total. The maximum absolute atomic E-state index is 12.3. The van der Waals surface area contributed by atoms with E-state index < -0.39 is 0 Å². The second-order valence-electron chi connectivity index (χ2n) is 8.51. The lowest BCUT2D eigenvalue weighted by Gasteiger charge is -2.25. The molecule has 0 radical (unpaired) electrons. The lowest BCUT2D eigenvalue weighted by atomic mass is 9.85. The van der Waals surface area contributed by atoms with Crippen LogP contribution in [0.2, 0.25) is 0 Å². The number of amides is 1. The lowest BCUT2D eigenvalue weighted by Crippen LogP contribution is -2.32. The summed E-state index contributed by atoms with van der Waals surface area (Å²) in [6.07, 6.45) is 7.46. The van der Waals surface area contributed by atoms with E-state index in [0.29, 0.717) is 17.3 Å². The Morgan fingerprint density at radius 2 is 1.93 bits per heavy atom. The molecule has 1 aliphatic rings. The van der Waals surface area contributed by atoms with Gasteiger partial charge in [-0.25, -0.2) is 9.50 Å². The fourth-order valence-corrected chi connectivity index (χ4v) is 3.32. The minimum atomic E-state index is -0.122. The van der Waals surface area contributed by atoms with Gasteiger partial charge in [-0.05, 0) is 35.3 Å². The molecule has 0 bridgehead atoms. The zero-order valence-electron chi connectivity index (χ0n) is 16.2. The highest BCUT2D eigenvalue weighted by atomic mass is 16.1. The van der Waals surface area contributed by atoms with E-state index in [1.807, 2.05) is 12.4 Å². The number of hydrogen-bond acceptors (Lipinski definition) is 3. The van der Waals surface area contributed by atoms with Crippen molar-refractivity contribution in [3.63, 3.8) is 0 Å². The summed E-state index contributed by atoms with van der Waals surface area (Å²) in [4.78, 5) is 16.8. The van der Waals surface area contributed by atoms with Crippen molar-refractivity contribution >= 4 is 11.6 Å². The predicted molar refractivity (Wildman–Crippen MR) is 107 cm³/mol. The average molecular weight is 362 g/mol. The number of rotatable bonds is 4. The molecule has 0 aliphatic heterocycles. The van der Waals surface area contributed by atoms with Gasteiger partial charge >= 0.3 is 0 Å². The number of carbonyl (C=O) groups excluding carboxylic acids is 1. The first-order chi connectivity index (χ1) is 12.9. The van der Waals surface area contributed by atoms with Crippen LogP contribution in [0.5, 0.6) is 0 Å². The summed E-state index contributed by atoms with van der Waals surface area (Å²) in [5, 5.41) is 7.41. The fraction of sp³-hybridized carbons (Fsp3) is 0.409. The minimum absolute atomic E-state index is 0.122. The van der Waals surface area contributed by atoms with Gasteiger partial charge in [-0.2, -0.15) is 5.10 Å². The van der Waals surface area contributed by atoms with Crippen LogP contribution in [0, 0.1) is 5.92 Å². The largest absolute Gasteiger partial charge is 0.350 e. The van der Waals surface area contributed by atoms with Gasteiger partial charge in [0.2, 0.25) is 0 Å². The van der Waals surface area contributed by atoms with E-state index in [1.54, 1.807) is 10.6 Å². The van der Waals surface area contributed by atoms with Crippen LogP contribution in [-0.2, 0) is 5.41 Å². The SMILES string of the molecule is CC(C)(C)c1ccc(-c2cnc3cc(C(=O)NCC4CCC4)nn3c2)cc1. The van der Waals surface area contributed by atoms with Crippen molar-refractivity contribution < 1.29 is 4.79 Å². The van der Waals surface area contributed by atoms with Gasteiger partial charge in [-0.15, -0.1) is 0 Å². The summed E-state index contributed by atoms with van der Waals surface area (Å²) in [7, 11) is 0. The van der Waals surface area contributed by atoms with E-state index in [2.05, 4.69) is 60.4 Å². The quantitative estimate of drug-likeness (QED) is 0.756. The molecule has 1 aliphatic carbocycles. The van der Waals surface area contributed by atoms with Gasteiger partial charge in [-0.3, -0.25) is 4.79 Å². The van der Waals surface area contributed by atoms with Crippen molar-refractivity contribution in [2.24, 2.45) is 5.92 Å². The summed E-state index contributed by atoms with van der Waals surface area (Å²) < 4.78 is 1.69. The van der Waals surface area contributed by atoms with Gasteiger partial charge in [-0.1, -0.05) is 51.5 Å². The Morgan fingerprint density at radius 1 is 1.19 bits per heavy atom. The molecular weight excluding hydrogens is 336 g/mol. The van der Waals surface area contributed by atoms with Crippen molar-refractivity contribution in [3.8, 4) is 11.1 Å². The molecular formula is C22H26N4O. The highest BCUT2D eigenvalue weighted by Gasteiger charge is 2.19. The van der Waals surface area contributed by atoms with Gasteiger partial charge in [0.05, 0.1) is 0 Å². The first-order valence-corrected chi connectivity index (χ1v) is 9.65. The molecule has 4 rings (SSSR count). The number of fused-ring (bicyclic) bond motifs is 1. The second kappa shape index (κ2) is 6.80. The van der Waals surface area contributed by atoms with Crippen molar-refractivity contribution in [1.82, 2.24) is 19.9 Å². The van der Waals surface area contributed by atoms with Crippen LogP contribution in [0.3, 0.4) is 0 Å². The Morgan fingerprint density at radius 3 is 2.56 bits per heavy atom. The van der Waals surface area contributed by atoms with Crippen molar-refractivity contribution in [2.75, 3.05) is 6.54 Å². The molecule has 1 fully saturated rings. The minimum Gasteiger partial charge on any atom is -0.350 e. The van der Waals surface area contributed by atoms with E-state index in [-0.39, 0.29) is 11.3 Å². The van der Waals surface area contributed by atoms with E-state index in [4.69, 9.17) is 0 Å². The maximum Gasteiger partial charge on any atom is 0.271 e. The van der Waals surface area contributed by atoms with E-state index in [0.717, 1.165) is 17.7 Å². The Hall–Kier alpha value is -2.69. The summed E-state index contributed by atoms with van der Waals surface area (Å²) in [6.45, 7) is 7.36. The molecule has 0 atom stereocenters. The normalized spacial score (nSPS) is 14.9. The third-order valence-corrected chi connectivity index (χ3v) is 5.41. The Balaban J connectivity index is 1.54. The van der Waals surface area contributed by atoms with Gasteiger partial charge < -0.3 is 5.32 Å². The molecule has 1 aromatic carbocycles. The zero-order valence-corrected chi connectivity index (χ0v) is 16.2. The number of nitrogens with zero attached hydrogens (tertiary/aromatic N) is 3. The Kier molecular flexibility index (Phi) is 4.46. The van der Waals surface area contributed by atoms with Crippen LogP contribution in [0.15, 0.2) is 42.7 Å². The van der Waals surface area contributed by atoms with Gasteiger partial charge in [0, 0.05) is 30.6 Å². The molecule has 5 nitrogen and oxygen atoms in total. The van der Waals surface area contributed by atoms with Crippen molar-refractivity contribution in [3.05, 3.63) is 54.0 Å². The first kappa shape index (κ1) is 17.7. The number of carbonyl (C=O) groups is 1. The highest BCUT2D eigenvalue weighted by molar-refractivity contribution is 5.93. The van der Waals surface area contributed by atoms with Gasteiger partial charge in [0.1, 0.15) is 0 Å². The first-order valence-electron chi connectivity index (χ1n) is 9.65.